The van der Waals surface area contributed by atoms with E-state index in [-0.39, 0.29) is 87.3 Å². The van der Waals surface area contributed by atoms with E-state index in [0.717, 1.165) is 77.9 Å². The lowest BCUT2D eigenvalue weighted by atomic mass is 9.70. The molecule has 0 aromatic heterocycles. The number of benzene rings is 6. The maximum atomic E-state index is 14.6. The van der Waals surface area contributed by atoms with E-state index in [0.29, 0.717) is 12.2 Å². The molecule has 0 unspecified atom stereocenters. The monoisotopic (exact) mass is 1150 g/mol. The molecule has 11 heteroatoms. The fourth-order valence-corrected chi connectivity index (χ4v) is 10.8. The van der Waals surface area contributed by atoms with Crippen molar-refractivity contribution in [3.8, 4) is 34.5 Å². The van der Waals surface area contributed by atoms with Gasteiger partial charge in [-0.2, -0.15) is 0 Å². The number of carboxylic acids is 1. The smallest absolute Gasteiger partial charge is 0.312 e. The van der Waals surface area contributed by atoms with Crippen LogP contribution in [0.3, 0.4) is 0 Å². The summed E-state index contributed by atoms with van der Waals surface area (Å²) in [5.74, 6) is 0.295. The summed E-state index contributed by atoms with van der Waals surface area (Å²) in [6.07, 6.45) is 0.285. The van der Waals surface area contributed by atoms with E-state index in [9.17, 15) is 40.2 Å². The number of aromatic hydroxyl groups is 5. The van der Waals surface area contributed by atoms with Crippen molar-refractivity contribution in [1.82, 2.24) is 0 Å². The lowest BCUT2D eigenvalue weighted by molar-refractivity contribution is -0.138. The van der Waals surface area contributed by atoms with E-state index in [2.05, 4.69) is 95.2 Å². The van der Waals surface area contributed by atoms with Crippen molar-refractivity contribution in [3.05, 3.63) is 175 Å². The molecule has 458 valence electrons. The quantitative estimate of drug-likeness (QED) is 0.0428. The Bertz CT molecular complexity index is 3170. The van der Waals surface area contributed by atoms with Gasteiger partial charge in [0.15, 0.2) is 0 Å². The Kier molecular flexibility index (Phi) is 21.4. The Balaban J connectivity index is 0.000000396. The number of hydrogen-bond acceptors (Lipinski definition) is 10. The van der Waals surface area contributed by atoms with E-state index in [4.69, 9.17) is 14.9 Å². The number of hydrogen-bond donors (Lipinski definition) is 8. The third-order valence-electron chi connectivity index (χ3n) is 15.7. The number of aliphatic carboxylic acids is 1. The third-order valence-corrected chi connectivity index (χ3v) is 15.7. The molecule has 0 amide bonds. The summed E-state index contributed by atoms with van der Waals surface area (Å²) in [6.45, 7) is 44.8. The highest BCUT2D eigenvalue weighted by Crippen LogP contribution is 2.47. The molecule has 0 fully saturated rings. The van der Waals surface area contributed by atoms with Gasteiger partial charge < -0.3 is 45.6 Å². The molecule has 6 aromatic carbocycles. The molecule has 0 saturated heterocycles. The first-order chi connectivity index (χ1) is 38.2. The number of carbonyl (C=O) groups is 2. The molecule has 0 aliphatic rings. The van der Waals surface area contributed by atoms with Crippen molar-refractivity contribution in [3.63, 3.8) is 0 Å². The van der Waals surface area contributed by atoms with E-state index in [1.54, 1.807) is 36.4 Å². The van der Waals surface area contributed by atoms with E-state index in [1.807, 2.05) is 118 Å². The zero-order valence-corrected chi connectivity index (χ0v) is 54.6. The molecule has 8 N–H and O–H groups in total. The standard InChI is InChI=1S/C47H62O5.C24H32O4.C2H6O2/c1-28-20-30(41(51)36(22-28)45(9,10)11)24-31-21-29(2)23-37(46(12,13)14)42(31)52-40(50)27-47(15,32-16-18-38(48)34(25-32)43(3,4)5)33-17-19-39(49)35(26-33)44(6,7)8;1-22(2,3)17-12-15(8-10-19(17)25)24(7,14-21(27)28)16-9-11-20(26)18(13-16)23(4,5)6;3-1-2-4/h16-23,25-26,48-49,51H,24,27H2,1-15H3;8-13,25-26H,14H2,1-7H3,(H,27,28);3-4H,1-2H2. The first-order valence-electron chi connectivity index (χ1n) is 29.2. The minimum atomic E-state index is -0.904. The minimum absolute atomic E-state index is 0.00349. The predicted octanol–water partition coefficient (Wildman–Crippen LogP) is 15.9. The summed E-state index contributed by atoms with van der Waals surface area (Å²) < 4.78 is 6.56. The molecule has 0 bridgehead atoms. The number of carboxylic acid groups (broad SMARTS) is 1. The van der Waals surface area contributed by atoms with Gasteiger partial charge in [-0.25, -0.2) is 0 Å². The lowest BCUT2D eigenvalue weighted by Gasteiger charge is -2.34. The van der Waals surface area contributed by atoms with Gasteiger partial charge in [-0.15, -0.1) is 0 Å². The van der Waals surface area contributed by atoms with Gasteiger partial charge in [0, 0.05) is 22.8 Å². The summed E-state index contributed by atoms with van der Waals surface area (Å²) in [6, 6.07) is 30.0. The summed E-state index contributed by atoms with van der Waals surface area (Å²) in [5, 5.41) is 78.9. The van der Waals surface area contributed by atoms with Crippen molar-refractivity contribution >= 4 is 11.9 Å². The van der Waals surface area contributed by atoms with Gasteiger partial charge in [0.2, 0.25) is 0 Å². The second kappa shape index (κ2) is 25.8. The number of phenols is 5. The second-order valence-electron chi connectivity index (χ2n) is 29.6. The summed E-state index contributed by atoms with van der Waals surface area (Å²) in [7, 11) is 0. The van der Waals surface area contributed by atoms with Crippen LogP contribution in [0.2, 0.25) is 0 Å². The molecule has 84 heavy (non-hydrogen) atoms. The Labute approximate surface area is 502 Å². The predicted molar refractivity (Wildman–Crippen MR) is 341 cm³/mol. The van der Waals surface area contributed by atoms with Gasteiger partial charge in [-0.05, 0) is 132 Å². The number of esters is 1. The summed E-state index contributed by atoms with van der Waals surface area (Å²) in [4.78, 5) is 26.3. The molecule has 0 aliphatic carbocycles. The van der Waals surface area contributed by atoms with Crippen LogP contribution >= 0.6 is 0 Å². The molecule has 11 nitrogen and oxygen atoms in total. The molecule has 0 spiro atoms. The van der Waals surface area contributed by atoms with Crippen LogP contribution < -0.4 is 4.74 Å². The average Bonchev–Trinajstić information content (AvgIpc) is 2.08. The van der Waals surface area contributed by atoms with E-state index < -0.39 is 22.8 Å². The van der Waals surface area contributed by atoms with Gasteiger partial charge in [0.25, 0.3) is 0 Å². The van der Waals surface area contributed by atoms with Crippen LogP contribution in [0, 0.1) is 13.8 Å². The van der Waals surface area contributed by atoms with Gasteiger partial charge in [-0.1, -0.05) is 222 Å². The topological polar surface area (TPSA) is 205 Å². The molecule has 6 rings (SSSR count). The fourth-order valence-electron chi connectivity index (χ4n) is 10.8. The third kappa shape index (κ3) is 17.0. The highest BCUT2D eigenvalue weighted by molar-refractivity contribution is 5.77. The molecule has 0 aliphatic heterocycles. The minimum Gasteiger partial charge on any atom is -0.508 e. The van der Waals surface area contributed by atoms with E-state index >= 15 is 0 Å². The van der Waals surface area contributed by atoms with Crippen LogP contribution in [-0.2, 0) is 59.3 Å². The van der Waals surface area contributed by atoms with Gasteiger partial charge >= 0.3 is 11.9 Å². The Morgan fingerprint density at radius 2 is 0.667 bits per heavy atom. The molecule has 0 radical (unpaired) electrons. The van der Waals surface area contributed by atoms with Gasteiger partial charge in [0.05, 0.1) is 26.1 Å². The summed E-state index contributed by atoms with van der Waals surface area (Å²) in [5.41, 5.74) is 8.44. The maximum Gasteiger partial charge on any atom is 0.312 e. The highest BCUT2D eigenvalue weighted by Gasteiger charge is 2.38. The van der Waals surface area contributed by atoms with Crippen molar-refractivity contribution in [2.45, 2.75) is 215 Å². The number of aliphatic hydroxyl groups excluding tert-OH is 2. The lowest BCUT2D eigenvalue weighted by Crippen LogP contribution is -2.31. The summed E-state index contributed by atoms with van der Waals surface area (Å²) >= 11 is 0. The highest BCUT2D eigenvalue weighted by atomic mass is 16.5. The van der Waals surface area contributed by atoms with Crippen molar-refractivity contribution in [2.24, 2.45) is 0 Å². The van der Waals surface area contributed by atoms with Crippen LogP contribution in [0.4, 0.5) is 0 Å². The SMILES string of the molecule is CC(C)(C)c1cc(C(C)(CC(=O)O)c2ccc(O)c(C(C)(C)C)c2)ccc1O.Cc1cc(Cc2cc(C)cc(C(C)(C)C)c2OC(=O)CC(C)(c2ccc(O)c(C(C)(C)C)c2)c2ccc(O)c(C(C)(C)C)c2)c(O)c(C(C)(C)C)c1.OCCO. The number of ether oxygens (including phenoxy) is 1. The molecule has 0 atom stereocenters. The van der Waals surface area contributed by atoms with Crippen LogP contribution in [0.25, 0.3) is 0 Å². The van der Waals surface area contributed by atoms with Gasteiger partial charge in [-0.3, -0.25) is 9.59 Å². The largest absolute Gasteiger partial charge is 0.508 e. The van der Waals surface area contributed by atoms with Crippen LogP contribution in [0.1, 0.15) is 229 Å². The Morgan fingerprint density at radius 1 is 0.381 bits per heavy atom. The zero-order chi connectivity index (χ0) is 64.3. The molecule has 0 heterocycles. The van der Waals surface area contributed by atoms with Crippen LogP contribution in [0.5, 0.6) is 34.5 Å². The van der Waals surface area contributed by atoms with Crippen LogP contribution in [0.15, 0.2) is 97.1 Å². The Morgan fingerprint density at radius 3 is 0.952 bits per heavy atom. The van der Waals surface area contributed by atoms with Crippen molar-refractivity contribution in [1.29, 1.82) is 0 Å². The molecule has 6 aromatic rings. The molecular weight excluding hydrogens is 1050 g/mol. The Hall–Kier alpha value is -6.82. The number of aryl methyl sites for hydroxylation is 2. The fraction of sp³-hybridized carbons (Fsp3) is 0.479. The van der Waals surface area contributed by atoms with Crippen molar-refractivity contribution in [2.75, 3.05) is 13.2 Å². The van der Waals surface area contributed by atoms with Gasteiger partial charge in [0.1, 0.15) is 34.5 Å². The first-order valence-corrected chi connectivity index (χ1v) is 29.2. The number of rotatable bonds is 12. The normalized spacial score (nSPS) is 12.7. The second-order valence-corrected chi connectivity index (χ2v) is 29.6. The average molecular weight is 1150 g/mol. The first kappa shape index (κ1) is 69.7. The molecule has 0 saturated carbocycles. The number of carbonyl (C=O) groups excluding carboxylic acids is 1. The van der Waals surface area contributed by atoms with E-state index in [1.165, 1.54) is 0 Å². The molecular formula is C73H100O11. The number of aliphatic hydroxyl groups is 2. The number of phenolic OH excluding ortho intramolecular Hbond substituents is 5. The zero-order valence-electron chi connectivity index (χ0n) is 54.6. The maximum absolute atomic E-state index is 14.6. The van der Waals surface area contributed by atoms with Crippen molar-refractivity contribution < 1.29 is 55.2 Å². The van der Waals surface area contributed by atoms with Crippen LogP contribution in [-0.4, -0.2) is 66.0 Å².